The monoisotopic (exact) mass is 310 g/mol. The molecule has 0 saturated carbocycles. The van der Waals surface area contributed by atoms with E-state index in [2.05, 4.69) is 5.32 Å². The van der Waals surface area contributed by atoms with Crippen LogP contribution >= 0.6 is 0 Å². The van der Waals surface area contributed by atoms with Gasteiger partial charge in [0.25, 0.3) is 0 Å². The van der Waals surface area contributed by atoms with Crippen LogP contribution in [-0.4, -0.2) is 54.4 Å². The summed E-state index contributed by atoms with van der Waals surface area (Å²) in [4.78, 5) is 13.2. The molecule has 124 valence electrons. The van der Waals surface area contributed by atoms with Crippen LogP contribution in [-0.2, 0) is 4.79 Å². The molecule has 0 aromatic carbocycles. The van der Waals surface area contributed by atoms with Gasteiger partial charge in [-0.1, -0.05) is 13.8 Å². The number of nitrogens with zero attached hydrogens (tertiary/aromatic N) is 1. The molecule has 1 aliphatic heterocycles. The largest absolute Gasteiger partial charge is 0.401 e. The highest BCUT2D eigenvalue weighted by molar-refractivity contribution is 5.79. The van der Waals surface area contributed by atoms with Crippen LogP contribution in [0.25, 0.3) is 0 Å². The normalized spacial score (nSPS) is 22.3. The number of hydrogen-bond donors (Lipinski definition) is 2. The van der Waals surface area contributed by atoms with Crippen molar-refractivity contribution in [1.82, 2.24) is 10.2 Å². The Morgan fingerprint density at radius 2 is 2.10 bits per heavy atom. The molecule has 7 heteroatoms. The zero-order valence-corrected chi connectivity index (χ0v) is 12.6. The average molecular weight is 310 g/mol. The van der Waals surface area contributed by atoms with Gasteiger partial charge in [0.1, 0.15) is 0 Å². The minimum absolute atomic E-state index is 0.131. The molecule has 1 saturated heterocycles. The van der Waals surface area contributed by atoms with E-state index in [4.69, 9.17) is 0 Å². The van der Waals surface area contributed by atoms with E-state index in [0.717, 1.165) is 0 Å². The Hall–Kier alpha value is -0.820. The number of amides is 1. The van der Waals surface area contributed by atoms with E-state index >= 15 is 0 Å². The van der Waals surface area contributed by atoms with Gasteiger partial charge in [-0.05, 0) is 31.7 Å². The molecule has 0 aromatic rings. The highest BCUT2D eigenvalue weighted by Gasteiger charge is 2.34. The lowest BCUT2D eigenvalue weighted by molar-refractivity contribution is -0.152. The van der Waals surface area contributed by atoms with Gasteiger partial charge in [0.2, 0.25) is 5.91 Å². The number of halogens is 3. The molecule has 21 heavy (non-hydrogen) atoms. The van der Waals surface area contributed by atoms with E-state index in [9.17, 15) is 23.1 Å². The van der Waals surface area contributed by atoms with E-state index in [-0.39, 0.29) is 19.0 Å². The Morgan fingerprint density at radius 1 is 1.43 bits per heavy atom. The molecule has 0 spiro atoms. The van der Waals surface area contributed by atoms with Gasteiger partial charge in [-0.3, -0.25) is 9.69 Å². The fraction of sp³-hybridized carbons (Fsp3) is 0.929. The van der Waals surface area contributed by atoms with Crippen molar-refractivity contribution in [2.75, 3.05) is 26.2 Å². The topological polar surface area (TPSA) is 52.6 Å². The molecule has 2 unspecified atom stereocenters. The lowest BCUT2D eigenvalue weighted by Gasteiger charge is -2.32. The fourth-order valence-electron chi connectivity index (χ4n) is 2.66. The Bertz CT molecular complexity index is 335. The Labute approximate surface area is 123 Å². The number of carbonyl (C=O) groups excluding carboxylic acids is 1. The summed E-state index contributed by atoms with van der Waals surface area (Å²) in [5.74, 6) is -0.356. The Kier molecular flexibility index (Phi) is 6.93. The van der Waals surface area contributed by atoms with Crippen LogP contribution in [0.5, 0.6) is 0 Å². The summed E-state index contributed by atoms with van der Waals surface area (Å²) >= 11 is 0. The van der Waals surface area contributed by atoms with Crippen molar-refractivity contribution in [3.8, 4) is 0 Å². The molecule has 0 radical (unpaired) electrons. The van der Waals surface area contributed by atoms with Gasteiger partial charge in [-0.15, -0.1) is 0 Å². The van der Waals surface area contributed by atoms with Gasteiger partial charge in [0.15, 0.2) is 0 Å². The first-order valence-electron chi connectivity index (χ1n) is 7.42. The second-order valence-electron chi connectivity index (χ2n) is 6.22. The fourth-order valence-corrected chi connectivity index (χ4v) is 2.66. The third-order valence-corrected chi connectivity index (χ3v) is 3.53. The number of carbonyl (C=O) groups is 1. The summed E-state index contributed by atoms with van der Waals surface area (Å²) in [6.07, 6.45) is -3.07. The van der Waals surface area contributed by atoms with E-state index in [1.54, 1.807) is 0 Å². The van der Waals surface area contributed by atoms with Crippen LogP contribution in [0, 0.1) is 11.8 Å². The molecular formula is C14H25F3N2O2. The van der Waals surface area contributed by atoms with Crippen molar-refractivity contribution in [3.05, 3.63) is 0 Å². The summed E-state index contributed by atoms with van der Waals surface area (Å²) in [5, 5.41) is 12.3. The number of hydrogen-bond acceptors (Lipinski definition) is 3. The molecule has 2 N–H and O–H groups in total. The highest BCUT2D eigenvalue weighted by Crippen LogP contribution is 2.22. The van der Waals surface area contributed by atoms with Crippen LogP contribution in [0.15, 0.2) is 0 Å². The van der Waals surface area contributed by atoms with Crippen molar-refractivity contribution >= 4 is 5.91 Å². The summed E-state index contributed by atoms with van der Waals surface area (Å²) in [6.45, 7) is 3.65. The van der Waals surface area contributed by atoms with Crippen LogP contribution in [0.2, 0.25) is 0 Å². The van der Waals surface area contributed by atoms with Crippen LogP contribution in [0.4, 0.5) is 13.2 Å². The molecular weight excluding hydrogens is 285 g/mol. The molecule has 1 rings (SSSR count). The van der Waals surface area contributed by atoms with Crippen LogP contribution in [0.3, 0.4) is 0 Å². The minimum Gasteiger partial charge on any atom is -0.391 e. The molecule has 4 nitrogen and oxygen atoms in total. The number of likely N-dealkylation sites (tertiary alicyclic amines) is 1. The molecule has 0 aliphatic carbocycles. The van der Waals surface area contributed by atoms with E-state index < -0.39 is 24.7 Å². The molecule has 1 aliphatic rings. The van der Waals surface area contributed by atoms with Gasteiger partial charge in [-0.2, -0.15) is 13.2 Å². The summed E-state index contributed by atoms with van der Waals surface area (Å²) in [6, 6.07) is 0. The standard InChI is InChI=1S/C14H25F3N2O2/c1-10(2)6-12(20)7-18-13(21)11-4-3-5-19(8-11)9-14(15,16)17/h10-12,20H,3-9H2,1-2H3,(H,18,21). The number of rotatable bonds is 6. The third-order valence-electron chi connectivity index (χ3n) is 3.53. The lowest BCUT2D eigenvalue weighted by atomic mass is 9.97. The predicted molar refractivity (Wildman–Crippen MR) is 73.7 cm³/mol. The Morgan fingerprint density at radius 3 is 2.67 bits per heavy atom. The van der Waals surface area contributed by atoms with Crippen molar-refractivity contribution in [3.63, 3.8) is 0 Å². The van der Waals surface area contributed by atoms with Crippen LogP contribution in [0.1, 0.15) is 33.1 Å². The zero-order chi connectivity index (χ0) is 16.0. The highest BCUT2D eigenvalue weighted by atomic mass is 19.4. The van der Waals surface area contributed by atoms with Gasteiger partial charge in [0.05, 0.1) is 18.6 Å². The second-order valence-corrected chi connectivity index (χ2v) is 6.22. The SMILES string of the molecule is CC(C)CC(O)CNC(=O)C1CCCN(CC(F)(F)F)C1. The van der Waals surface area contributed by atoms with Crippen LogP contribution < -0.4 is 5.32 Å². The third kappa shape index (κ3) is 7.66. The first kappa shape index (κ1) is 18.2. The summed E-state index contributed by atoms with van der Waals surface area (Å²) in [7, 11) is 0. The van der Waals surface area contributed by atoms with Gasteiger partial charge >= 0.3 is 6.18 Å². The van der Waals surface area contributed by atoms with Gasteiger partial charge in [-0.25, -0.2) is 0 Å². The molecule has 0 aromatic heterocycles. The first-order valence-corrected chi connectivity index (χ1v) is 7.42. The lowest BCUT2D eigenvalue weighted by Crippen LogP contribution is -2.47. The number of nitrogens with one attached hydrogen (secondary N) is 1. The number of alkyl halides is 3. The van der Waals surface area contributed by atoms with Crippen molar-refractivity contribution in [1.29, 1.82) is 0 Å². The second kappa shape index (κ2) is 7.98. The van der Waals surface area contributed by atoms with Crippen molar-refractivity contribution in [2.45, 2.75) is 45.4 Å². The molecule has 1 heterocycles. The number of aliphatic hydroxyl groups excluding tert-OH is 1. The maximum atomic E-state index is 12.4. The zero-order valence-electron chi connectivity index (χ0n) is 12.6. The van der Waals surface area contributed by atoms with Gasteiger partial charge < -0.3 is 10.4 Å². The predicted octanol–water partition coefficient (Wildman–Crippen LogP) is 1.78. The average Bonchev–Trinajstić information content (AvgIpc) is 2.33. The quantitative estimate of drug-likeness (QED) is 0.786. The Balaban J connectivity index is 2.36. The number of piperidine rings is 1. The molecule has 1 fully saturated rings. The summed E-state index contributed by atoms with van der Waals surface area (Å²) in [5.41, 5.74) is 0. The van der Waals surface area contributed by atoms with E-state index in [0.29, 0.717) is 31.7 Å². The van der Waals surface area contributed by atoms with Crippen molar-refractivity contribution < 1.29 is 23.1 Å². The maximum Gasteiger partial charge on any atom is 0.401 e. The number of aliphatic hydroxyl groups is 1. The van der Waals surface area contributed by atoms with E-state index in [1.807, 2.05) is 13.8 Å². The first-order chi connectivity index (χ1) is 9.67. The van der Waals surface area contributed by atoms with Crippen molar-refractivity contribution in [2.24, 2.45) is 11.8 Å². The molecule has 1 amide bonds. The summed E-state index contributed by atoms with van der Waals surface area (Å²) < 4.78 is 37.1. The molecule has 0 bridgehead atoms. The van der Waals surface area contributed by atoms with Gasteiger partial charge in [0, 0.05) is 13.1 Å². The molecule has 2 atom stereocenters. The smallest absolute Gasteiger partial charge is 0.391 e. The van der Waals surface area contributed by atoms with E-state index in [1.165, 1.54) is 4.90 Å². The minimum atomic E-state index is -4.23. The maximum absolute atomic E-state index is 12.4.